The SMILES string of the molecule is Cc1cc(NC(=NCc2ccc(F)cc2Cl)NC(=O)c2ccc(F)c(F)c2)n[nH]1.Cc1cc2nc(NC(=O)c3ccc(F)c(F)c3)n(Cc3ccc(F)cc3Cl)c(=O)n2n1.[2H]CI. The lowest BCUT2D eigenvalue weighted by molar-refractivity contribution is 0.0974. The second-order valence-electron chi connectivity index (χ2n) is 12.7. The van der Waals surface area contributed by atoms with Crippen LogP contribution in [0.2, 0.25) is 10.0 Å². The first-order valence-corrected chi connectivity index (χ1v) is 19.8. The van der Waals surface area contributed by atoms with Crippen molar-refractivity contribution in [3.63, 3.8) is 0 Å². The third-order valence-corrected chi connectivity index (χ3v) is 8.94. The number of rotatable bonds is 8. The van der Waals surface area contributed by atoms with Crippen molar-refractivity contribution in [2.75, 3.05) is 15.5 Å². The molecule has 0 aliphatic carbocycles. The fourth-order valence-electron chi connectivity index (χ4n) is 5.29. The van der Waals surface area contributed by atoms with Crippen LogP contribution in [0, 0.1) is 48.8 Å². The topological polar surface area (TPSA) is 163 Å². The number of fused-ring (bicyclic) bond motifs is 1. The van der Waals surface area contributed by atoms with Gasteiger partial charge >= 0.3 is 5.69 Å². The summed E-state index contributed by atoms with van der Waals surface area (Å²) in [5.74, 6) is -6.89. The van der Waals surface area contributed by atoms with Gasteiger partial charge in [-0.05, 0) is 90.5 Å². The summed E-state index contributed by atoms with van der Waals surface area (Å²) in [5, 5.41) is 18.8. The molecule has 0 saturated heterocycles. The normalized spacial score (nSPS) is 11.2. The highest BCUT2D eigenvalue weighted by atomic mass is 127. The zero-order valence-electron chi connectivity index (χ0n) is 33.0. The molecule has 0 atom stereocenters. The van der Waals surface area contributed by atoms with E-state index < -0.39 is 52.4 Å². The number of hydrogen-bond donors (Lipinski definition) is 4. The van der Waals surface area contributed by atoms with Crippen LogP contribution in [0.5, 0.6) is 0 Å². The maximum absolute atomic E-state index is 13.5. The predicted octanol–water partition coefficient (Wildman–Crippen LogP) is 8.81. The first-order chi connectivity index (χ1) is 30.0. The molecule has 0 saturated carbocycles. The van der Waals surface area contributed by atoms with E-state index in [4.69, 9.17) is 24.6 Å². The van der Waals surface area contributed by atoms with Crippen LogP contribution in [0.4, 0.5) is 38.1 Å². The maximum Gasteiger partial charge on any atom is 0.353 e. The summed E-state index contributed by atoms with van der Waals surface area (Å²) in [6.07, 6.45) is 0. The first kappa shape index (κ1) is 45.3. The number of carbonyl (C=O) groups excluding carboxylic acids is 2. The Kier molecular flexibility index (Phi) is 15.3. The Morgan fingerprint density at radius 2 is 1.37 bits per heavy atom. The van der Waals surface area contributed by atoms with E-state index in [0.29, 0.717) is 27.5 Å². The number of aliphatic imine (C=N–C) groups is 1. The van der Waals surface area contributed by atoms with Crippen LogP contribution in [0.1, 0.15) is 44.6 Å². The molecule has 0 unspecified atom stereocenters. The maximum atomic E-state index is 13.5. The minimum Gasteiger partial charge on any atom is -0.309 e. The molecule has 7 aromatic rings. The van der Waals surface area contributed by atoms with Crippen molar-refractivity contribution in [2.24, 2.45) is 4.99 Å². The molecule has 0 aliphatic heterocycles. The third-order valence-electron chi connectivity index (χ3n) is 8.24. The number of nitrogens with one attached hydrogen (secondary N) is 4. The second-order valence-corrected chi connectivity index (χ2v) is 13.5. The highest BCUT2D eigenvalue weighted by Crippen LogP contribution is 2.21. The van der Waals surface area contributed by atoms with E-state index in [1.54, 1.807) is 19.9 Å². The number of aromatic nitrogens is 6. The third kappa shape index (κ3) is 12.0. The number of hydrogen-bond acceptors (Lipinski definition) is 7. The average Bonchev–Trinajstić information content (AvgIpc) is 3.82. The van der Waals surface area contributed by atoms with E-state index in [0.717, 1.165) is 63.3 Å². The summed E-state index contributed by atoms with van der Waals surface area (Å²) < 4.78 is 88.1. The molecule has 322 valence electrons. The molecule has 0 fully saturated rings. The van der Waals surface area contributed by atoms with E-state index in [1.165, 1.54) is 30.3 Å². The lowest BCUT2D eigenvalue weighted by Gasteiger charge is -2.14. The van der Waals surface area contributed by atoms with Crippen molar-refractivity contribution in [1.29, 1.82) is 0 Å². The predicted molar refractivity (Wildman–Crippen MR) is 230 cm³/mol. The largest absolute Gasteiger partial charge is 0.353 e. The average molecular weight is 1010 g/mol. The van der Waals surface area contributed by atoms with Gasteiger partial charge in [-0.15, -0.1) is 0 Å². The van der Waals surface area contributed by atoms with Crippen molar-refractivity contribution < 1.29 is 37.3 Å². The fraction of sp³-hybridized carbons (Fsp3) is 0.125. The Hall–Kier alpha value is -6.26. The van der Waals surface area contributed by atoms with Crippen LogP contribution < -0.4 is 21.6 Å². The van der Waals surface area contributed by atoms with Crippen LogP contribution in [0.15, 0.2) is 94.7 Å². The van der Waals surface area contributed by atoms with Gasteiger partial charge in [-0.25, -0.2) is 36.1 Å². The number of anilines is 2. The van der Waals surface area contributed by atoms with Gasteiger partial charge in [0.15, 0.2) is 34.7 Å². The van der Waals surface area contributed by atoms with Crippen molar-refractivity contribution >= 4 is 81.0 Å². The van der Waals surface area contributed by atoms with Gasteiger partial charge in [-0.1, -0.05) is 57.9 Å². The van der Waals surface area contributed by atoms with Gasteiger partial charge in [0.2, 0.25) is 11.9 Å². The van der Waals surface area contributed by atoms with Gasteiger partial charge in [0.1, 0.15) is 11.6 Å². The van der Waals surface area contributed by atoms with Gasteiger partial charge in [-0.2, -0.15) is 19.7 Å². The summed E-state index contributed by atoms with van der Waals surface area (Å²) in [5.41, 5.74) is 1.44. The van der Waals surface area contributed by atoms with Crippen molar-refractivity contribution in [1.82, 2.24) is 34.7 Å². The standard InChI is InChI=1S/C20H13ClF3N5O2.C19H15ClF3N5O.CH3I/c1-10-6-17-25-19(26-18(30)11-3-5-15(23)16(24)7-11)28(20(31)29(17)27-10)9-12-2-4-13(22)8-14(12)21;1-10-6-17(28-27-10)25-19(24-9-12-2-4-13(21)8-14(12)20)26-18(29)11-3-5-15(22)16(23)7-11;1-2/h2-8H,9H2,1H3,(H,25,26,30);2-8H,9H2,1H3,(H3,24,25,26,27,28,29);1H3/i;;1D. The van der Waals surface area contributed by atoms with Crippen LogP contribution in [-0.4, -0.2) is 52.0 Å². The Bertz CT molecular complexity index is 2900. The number of alkyl halides is 1. The number of aryl methyl sites for hydroxylation is 2. The van der Waals surface area contributed by atoms with E-state index in [-0.39, 0.29) is 51.8 Å². The highest BCUT2D eigenvalue weighted by molar-refractivity contribution is 14.1. The minimum absolute atomic E-state index is 0.00775. The number of guanidine groups is 1. The Balaban J connectivity index is 0.000000224. The number of amides is 2. The minimum atomic E-state index is -1.20. The van der Waals surface area contributed by atoms with Gasteiger partial charge in [-0.3, -0.25) is 29.9 Å². The summed E-state index contributed by atoms with van der Waals surface area (Å²) in [6, 6.07) is 16.1. The van der Waals surface area contributed by atoms with Gasteiger partial charge in [0.05, 0.1) is 18.8 Å². The molecule has 3 aromatic heterocycles. The zero-order valence-corrected chi connectivity index (χ0v) is 35.7. The first-order valence-electron chi connectivity index (χ1n) is 18.2. The van der Waals surface area contributed by atoms with Crippen LogP contribution in [-0.2, 0) is 13.1 Å². The number of aromatic amines is 1. The second kappa shape index (κ2) is 21.0. The monoisotopic (exact) mass is 1010 g/mol. The number of benzene rings is 4. The molecule has 22 heteroatoms. The number of halogens is 9. The zero-order chi connectivity index (χ0) is 46.0. The summed E-state index contributed by atoms with van der Waals surface area (Å²) in [7, 11) is 0. The molecule has 2 amide bonds. The molecule has 0 radical (unpaired) electrons. The van der Waals surface area contributed by atoms with Crippen molar-refractivity contribution in [2.45, 2.75) is 26.9 Å². The summed E-state index contributed by atoms with van der Waals surface area (Å²) in [4.78, 5) is 47.0. The number of carbonyl (C=O) groups is 2. The molecular formula is C40H31Cl2F6IN10O3. The van der Waals surface area contributed by atoms with Crippen LogP contribution >= 0.6 is 45.8 Å². The van der Waals surface area contributed by atoms with Gasteiger partial charge < -0.3 is 5.32 Å². The lowest BCUT2D eigenvalue weighted by atomic mass is 10.2. The van der Waals surface area contributed by atoms with Crippen molar-refractivity contribution in [3.05, 3.63) is 174 Å². The molecule has 3 heterocycles. The molecule has 13 nitrogen and oxygen atoms in total. The summed E-state index contributed by atoms with van der Waals surface area (Å²) in [6.45, 7) is 3.30. The molecular weight excluding hydrogens is 980 g/mol. The van der Waals surface area contributed by atoms with Crippen LogP contribution in [0.25, 0.3) is 5.65 Å². The van der Waals surface area contributed by atoms with Crippen LogP contribution in [0.3, 0.4) is 0 Å². The Morgan fingerprint density at radius 1 is 0.790 bits per heavy atom. The highest BCUT2D eigenvalue weighted by Gasteiger charge is 2.19. The van der Waals surface area contributed by atoms with E-state index in [2.05, 4.69) is 41.2 Å². The quantitative estimate of drug-likeness (QED) is 0.0389. The molecule has 4 aromatic carbocycles. The molecule has 62 heavy (non-hydrogen) atoms. The van der Waals surface area contributed by atoms with Gasteiger partial charge in [0, 0.05) is 40.4 Å². The molecule has 0 bridgehead atoms. The molecule has 0 aliphatic rings. The molecule has 0 spiro atoms. The summed E-state index contributed by atoms with van der Waals surface area (Å²) >= 11 is 14.0. The van der Waals surface area contributed by atoms with E-state index in [1.807, 2.05) is 22.6 Å². The Morgan fingerprint density at radius 3 is 1.92 bits per heavy atom. The number of H-pyrrole nitrogens is 1. The molecule has 7 rings (SSSR count). The Labute approximate surface area is 372 Å². The van der Waals surface area contributed by atoms with Gasteiger partial charge in [0.25, 0.3) is 11.8 Å². The van der Waals surface area contributed by atoms with E-state index in [9.17, 15) is 40.7 Å². The fourth-order valence-corrected chi connectivity index (χ4v) is 5.75. The van der Waals surface area contributed by atoms with E-state index >= 15 is 0 Å². The number of nitrogens with zero attached hydrogens (tertiary/aromatic N) is 6. The smallest absolute Gasteiger partial charge is 0.309 e. The lowest BCUT2D eigenvalue weighted by Crippen LogP contribution is -2.36. The molecule has 4 N–H and O–H groups in total. The van der Waals surface area contributed by atoms with Crippen molar-refractivity contribution in [3.8, 4) is 0 Å².